The van der Waals surface area contributed by atoms with Crippen LogP contribution in [0.4, 0.5) is 0 Å². The minimum absolute atomic E-state index is 0.450. The molecule has 0 heterocycles. The first kappa shape index (κ1) is 8.08. The second kappa shape index (κ2) is 3.98. The van der Waals surface area contributed by atoms with Gasteiger partial charge in [-0.2, -0.15) is 0 Å². The van der Waals surface area contributed by atoms with E-state index < -0.39 is 0 Å². The normalized spacial score (nSPS) is 9.18. The van der Waals surface area contributed by atoms with Crippen LogP contribution >= 0.6 is 11.8 Å². The van der Waals surface area contributed by atoms with Crippen molar-refractivity contribution in [3.63, 3.8) is 0 Å². The predicted octanol–water partition coefficient (Wildman–Crippen LogP) is 1.80. The fraction of sp³-hybridized carbons (Fsp3) is 0.125. The first-order valence-electron chi connectivity index (χ1n) is 3.24. The van der Waals surface area contributed by atoms with Crippen LogP contribution in [0, 0.1) is 0 Å². The number of nitrogens with zero attached hydrogens (tertiary/aromatic N) is 1. The Kier molecular flexibility index (Phi) is 2.93. The molecule has 0 unspecified atom stereocenters. The zero-order valence-corrected chi connectivity index (χ0v) is 6.66. The van der Waals surface area contributed by atoms with Crippen molar-refractivity contribution in [2.24, 2.45) is 0 Å². The smallest absolute Gasteiger partial charge is 0.224 e. The van der Waals surface area contributed by atoms with Gasteiger partial charge in [-0.05, 0) is 5.56 Å². The third kappa shape index (κ3) is 2.60. The maximum Gasteiger partial charge on any atom is 0.224 e. The summed E-state index contributed by atoms with van der Waals surface area (Å²) in [6, 6.07) is 9.57. The van der Waals surface area contributed by atoms with Crippen molar-refractivity contribution in [1.82, 2.24) is 4.42 Å². The molecule has 3 heteroatoms. The molecule has 0 aliphatic carbocycles. The summed E-state index contributed by atoms with van der Waals surface area (Å²) in [5.74, 6) is 0. The van der Waals surface area contributed by atoms with E-state index >= 15 is 0 Å². The zero-order valence-electron chi connectivity index (χ0n) is 5.90. The third-order valence-corrected chi connectivity index (χ3v) is 1.49. The van der Waals surface area contributed by atoms with E-state index in [0.29, 0.717) is 13.0 Å². The van der Waals surface area contributed by atoms with Crippen molar-refractivity contribution in [3.8, 4) is 0 Å². The maximum absolute atomic E-state index is 10.1. The summed E-state index contributed by atoms with van der Waals surface area (Å²) in [4.78, 5) is 10.1. The quantitative estimate of drug-likeness (QED) is 0.499. The molecule has 11 heavy (non-hydrogen) atoms. The number of hydrogen-bond acceptors (Lipinski definition) is 1. The topological polar surface area (TPSA) is 20.3 Å². The summed E-state index contributed by atoms with van der Waals surface area (Å²) < 4.78 is 1.08. The highest BCUT2D eigenvalue weighted by Crippen LogP contribution is 2.03. The Labute approximate surface area is 70.5 Å². The van der Waals surface area contributed by atoms with Crippen molar-refractivity contribution in [1.29, 1.82) is 0 Å². The second-order valence-electron chi connectivity index (χ2n) is 2.15. The summed E-state index contributed by atoms with van der Waals surface area (Å²) >= 11 is 5.47. The molecule has 1 rings (SSSR count). The number of halogens is 1. The number of carbonyl (C=O) groups is 1. The van der Waals surface area contributed by atoms with Gasteiger partial charge in [0.05, 0.1) is 6.54 Å². The first-order chi connectivity index (χ1) is 5.33. The summed E-state index contributed by atoms with van der Waals surface area (Å²) in [6.45, 7) is 0.450. The number of benzene rings is 1. The van der Waals surface area contributed by atoms with Crippen LogP contribution in [0.15, 0.2) is 30.3 Å². The highest BCUT2D eigenvalue weighted by Gasteiger charge is 1.96. The van der Waals surface area contributed by atoms with Crippen LogP contribution in [0.25, 0.3) is 0 Å². The Morgan fingerprint density at radius 3 is 2.55 bits per heavy atom. The van der Waals surface area contributed by atoms with Crippen LogP contribution in [0.3, 0.4) is 0 Å². The zero-order chi connectivity index (χ0) is 8.10. The van der Waals surface area contributed by atoms with E-state index in [9.17, 15) is 4.79 Å². The van der Waals surface area contributed by atoms with Crippen LogP contribution in [-0.4, -0.2) is 10.8 Å². The van der Waals surface area contributed by atoms with E-state index in [0.717, 1.165) is 9.98 Å². The first-order valence-corrected chi connectivity index (χ1v) is 3.58. The van der Waals surface area contributed by atoms with Crippen molar-refractivity contribution in [3.05, 3.63) is 35.9 Å². The lowest BCUT2D eigenvalue weighted by molar-refractivity contribution is -0.114. The molecule has 0 aromatic heterocycles. The van der Waals surface area contributed by atoms with Crippen molar-refractivity contribution >= 4 is 18.2 Å². The molecule has 0 aliphatic rings. The number of rotatable bonds is 3. The lowest BCUT2D eigenvalue weighted by Crippen LogP contribution is -2.07. The molecular weight excluding hydrogens is 162 g/mol. The lowest BCUT2D eigenvalue weighted by Gasteiger charge is -2.05. The average molecular weight is 170 g/mol. The summed E-state index contributed by atoms with van der Waals surface area (Å²) in [5, 5.41) is 0. The SMILES string of the molecule is O=CN(Cl)Cc1ccccc1. The van der Waals surface area contributed by atoms with Gasteiger partial charge in [-0.3, -0.25) is 9.21 Å². The molecule has 0 N–H and O–H groups in total. The van der Waals surface area contributed by atoms with Gasteiger partial charge in [0.1, 0.15) is 0 Å². The van der Waals surface area contributed by atoms with E-state index in [1.165, 1.54) is 0 Å². The molecule has 1 aromatic carbocycles. The molecule has 2 nitrogen and oxygen atoms in total. The highest BCUT2D eigenvalue weighted by atomic mass is 35.5. The van der Waals surface area contributed by atoms with E-state index in [2.05, 4.69) is 0 Å². The van der Waals surface area contributed by atoms with E-state index in [1.54, 1.807) is 0 Å². The van der Waals surface area contributed by atoms with Crippen molar-refractivity contribution in [2.45, 2.75) is 6.54 Å². The van der Waals surface area contributed by atoms with Crippen LogP contribution in [0.1, 0.15) is 5.56 Å². The number of hydrogen-bond donors (Lipinski definition) is 0. The molecule has 0 saturated heterocycles. The monoisotopic (exact) mass is 169 g/mol. The molecule has 0 atom stereocenters. The molecule has 0 bridgehead atoms. The Bertz CT molecular complexity index is 225. The van der Waals surface area contributed by atoms with Gasteiger partial charge in [0.15, 0.2) is 0 Å². The number of amides is 1. The van der Waals surface area contributed by atoms with E-state index in [1.807, 2.05) is 30.3 Å². The van der Waals surface area contributed by atoms with Gasteiger partial charge in [0.25, 0.3) is 0 Å². The Balaban J connectivity index is 2.57. The van der Waals surface area contributed by atoms with Gasteiger partial charge < -0.3 is 0 Å². The van der Waals surface area contributed by atoms with E-state index in [-0.39, 0.29) is 0 Å². The molecule has 1 aromatic rings. The molecule has 0 saturated carbocycles. The standard InChI is InChI=1S/C8H8ClNO/c9-10(7-11)6-8-4-2-1-3-5-8/h1-5,7H,6H2. The molecule has 58 valence electrons. The van der Waals surface area contributed by atoms with Gasteiger partial charge in [-0.1, -0.05) is 30.3 Å². The van der Waals surface area contributed by atoms with Gasteiger partial charge in [-0.25, -0.2) is 0 Å². The fourth-order valence-electron chi connectivity index (χ4n) is 0.795. The Morgan fingerprint density at radius 2 is 2.00 bits per heavy atom. The Morgan fingerprint density at radius 1 is 1.36 bits per heavy atom. The summed E-state index contributed by atoms with van der Waals surface area (Å²) in [5.41, 5.74) is 1.02. The lowest BCUT2D eigenvalue weighted by atomic mass is 10.2. The van der Waals surface area contributed by atoms with E-state index in [4.69, 9.17) is 11.8 Å². The minimum Gasteiger partial charge on any atom is -0.277 e. The molecular formula is C8H8ClNO. The van der Waals surface area contributed by atoms with Crippen molar-refractivity contribution < 1.29 is 4.79 Å². The minimum atomic E-state index is 0.450. The number of carbonyl (C=O) groups excluding carboxylic acids is 1. The Hall–Kier alpha value is -1.02. The summed E-state index contributed by atoms with van der Waals surface area (Å²) in [6.07, 6.45) is 0.592. The average Bonchev–Trinajstić information content (AvgIpc) is 2.06. The molecule has 0 fully saturated rings. The molecule has 0 spiro atoms. The maximum atomic E-state index is 10.1. The van der Waals surface area contributed by atoms with Gasteiger partial charge in [-0.15, -0.1) is 0 Å². The second-order valence-corrected chi connectivity index (χ2v) is 2.58. The van der Waals surface area contributed by atoms with Crippen LogP contribution in [0.2, 0.25) is 0 Å². The fourth-order valence-corrected chi connectivity index (χ4v) is 0.933. The third-order valence-electron chi connectivity index (χ3n) is 1.29. The van der Waals surface area contributed by atoms with Crippen LogP contribution < -0.4 is 0 Å². The highest BCUT2D eigenvalue weighted by molar-refractivity contribution is 6.18. The molecule has 0 radical (unpaired) electrons. The molecule has 1 amide bonds. The van der Waals surface area contributed by atoms with Crippen molar-refractivity contribution in [2.75, 3.05) is 0 Å². The van der Waals surface area contributed by atoms with Crippen LogP contribution in [-0.2, 0) is 11.3 Å². The van der Waals surface area contributed by atoms with Gasteiger partial charge in [0.2, 0.25) is 6.41 Å². The molecule has 0 aliphatic heterocycles. The largest absolute Gasteiger partial charge is 0.277 e. The van der Waals surface area contributed by atoms with Gasteiger partial charge >= 0.3 is 0 Å². The summed E-state index contributed by atoms with van der Waals surface area (Å²) in [7, 11) is 0. The van der Waals surface area contributed by atoms with Crippen LogP contribution in [0.5, 0.6) is 0 Å². The van der Waals surface area contributed by atoms with Gasteiger partial charge in [0, 0.05) is 11.8 Å². The predicted molar refractivity (Wildman–Crippen MR) is 43.9 cm³/mol.